The Morgan fingerprint density at radius 2 is 2.40 bits per heavy atom. The van der Waals surface area contributed by atoms with Crippen LogP contribution in [-0.4, -0.2) is 52.5 Å². The molecule has 20 heavy (non-hydrogen) atoms. The molecule has 2 N–H and O–H groups in total. The summed E-state index contributed by atoms with van der Waals surface area (Å²) in [5.41, 5.74) is 0. The summed E-state index contributed by atoms with van der Waals surface area (Å²) in [7, 11) is 0. The van der Waals surface area contributed by atoms with Crippen LogP contribution >= 0.6 is 11.8 Å². The second-order valence-corrected chi connectivity index (χ2v) is 5.80. The maximum absolute atomic E-state index is 11.9. The minimum absolute atomic E-state index is 0.0689. The topological polar surface area (TPSA) is 82.8 Å². The van der Waals surface area contributed by atoms with Crippen molar-refractivity contribution in [2.45, 2.75) is 19.0 Å². The van der Waals surface area contributed by atoms with Gasteiger partial charge in [-0.25, -0.2) is 0 Å². The standard InChI is InChI=1S/C13H18N2O4S/c16-12(14-7-11-2-1-4-19-11)8-15-3-5-20-9-10(15)6-13(17)18/h1-2,4,10H,3,5-9H2,(H,14,16)(H,17,18). The fraction of sp³-hybridized carbons (Fsp3) is 0.538. The first kappa shape index (κ1) is 14.9. The van der Waals surface area contributed by atoms with E-state index in [1.165, 1.54) is 0 Å². The average Bonchev–Trinajstić information content (AvgIpc) is 2.91. The lowest BCUT2D eigenvalue weighted by molar-refractivity contribution is -0.138. The molecule has 0 saturated carbocycles. The van der Waals surface area contributed by atoms with E-state index < -0.39 is 5.97 Å². The molecule has 6 nitrogen and oxygen atoms in total. The van der Waals surface area contributed by atoms with Crippen molar-refractivity contribution >= 4 is 23.6 Å². The first-order valence-electron chi connectivity index (χ1n) is 6.48. The molecule has 1 aliphatic rings. The summed E-state index contributed by atoms with van der Waals surface area (Å²) in [6.45, 7) is 1.34. The second kappa shape index (κ2) is 7.35. The number of rotatable bonds is 6. The lowest BCUT2D eigenvalue weighted by Gasteiger charge is -2.33. The Kier molecular flexibility index (Phi) is 5.49. The summed E-state index contributed by atoms with van der Waals surface area (Å²) in [5.74, 6) is 1.47. The number of thioether (sulfide) groups is 1. The van der Waals surface area contributed by atoms with Crippen molar-refractivity contribution in [3.63, 3.8) is 0 Å². The van der Waals surface area contributed by atoms with Crippen molar-refractivity contribution < 1.29 is 19.1 Å². The van der Waals surface area contributed by atoms with Crippen LogP contribution in [-0.2, 0) is 16.1 Å². The highest BCUT2D eigenvalue weighted by Crippen LogP contribution is 2.18. The highest BCUT2D eigenvalue weighted by Gasteiger charge is 2.26. The van der Waals surface area contributed by atoms with Crippen LogP contribution in [0.4, 0.5) is 0 Å². The van der Waals surface area contributed by atoms with Gasteiger partial charge in [-0.15, -0.1) is 0 Å². The van der Waals surface area contributed by atoms with Gasteiger partial charge in [0.2, 0.25) is 5.91 Å². The van der Waals surface area contributed by atoms with Gasteiger partial charge in [0, 0.05) is 24.1 Å². The summed E-state index contributed by atoms with van der Waals surface area (Å²) in [5, 5.41) is 11.7. The zero-order valence-electron chi connectivity index (χ0n) is 11.1. The van der Waals surface area contributed by atoms with Gasteiger partial charge in [-0.2, -0.15) is 11.8 Å². The van der Waals surface area contributed by atoms with Crippen LogP contribution in [0.5, 0.6) is 0 Å². The average molecular weight is 298 g/mol. The first-order chi connectivity index (χ1) is 9.65. The van der Waals surface area contributed by atoms with Gasteiger partial charge in [-0.05, 0) is 12.1 Å². The molecule has 110 valence electrons. The minimum atomic E-state index is -0.821. The largest absolute Gasteiger partial charge is 0.481 e. The molecule has 1 amide bonds. The third-order valence-electron chi connectivity index (χ3n) is 3.15. The minimum Gasteiger partial charge on any atom is -0.481 e. The van der Waals surface area contributed by atoms with Gasteiger partial charge < -0.3 is 14.8 Å². The number of nitrogens with zero attached hydrogens (tertiary/aromatic N) is 1. The van der Waals surface area contributed by atoms with Crippen LogP contribution in [0.1, 0.15) is 12.2 Å². The van der Waals surface area contributed by atoms with Crippen LogP contribution in [0.3, 0.4) is 0 Å². The van der Waals surface area contributed by atoms with E-state index in [0.29, 0.717) is 12.3 Å². The Balaban J connectivity index is 1.80. The van der Waals surface area contributed by atoms with E-state index in [2.05, 4.69) is 5.32 Å². The van der Waals surface area contributed by atoms with Gasteiger partial charge in [-0.3, -0.25) is 14.5 Å². The van der Waals surface area contributed by atoms with Crippen LogP contribution in [0.25, 0.3) is 0 Å². The third kappa shape index (κ3) is 4.57. The number of carbonyl (C=O) groups excluding carboxylic acids is 1. The molecule has 0 aliphatic carbocycles. The van der Waals surface area contributed by atoms with Gasteiger partial charge >= 0.3 is 5.97 Å². The number of furan rings is 1. The molecule has 2 heterocycles. The number of aliphatic carboxylic acids is 1. The molecule has 0 bridgehead atoms. The Bertz CT molecular complexity index is 449. The Labute approximate surface area is 121 Å². The lowest BCUT2D eigenvalue weighted by atomic mass is 10.2. The number of amides is 1. The highest BCUT2D eigenvalue weighted by atomic mass is 32.2. The van der Waals surface area contributed by atoms with Crippen LogP contribution in [0, 0.1) is 0 Å². The van der Waals surface area contributed by atoms with Crippen molar-refractivity contribution in [2.24, 2.45) is 0 Å². The van der Waals surface area contributed by atoms with E-state index in [4.69, 9.17) is 9.52 Å². The third-order valence-corrected chi connectivity index (χ3v) is 4.24. The first-order valence-corrected chi connectivity index (χ1v) is 7.63. The fourth-order valence-corrected chi connectivity index (χ4v) is 3.26. The van der Waals surface area contributed by atoms with E-state index >= 15 is 0 Å². The molecular weight excluding hydrogens is 280 g/mol. The predicted molar refractivity (Wildman–Crippen MR) is 75.5 cm³/mol. The molecule has 1 aliphatic heterocycles. The van der Waals surface area contributed by atoms with Crippen molar-refractivity contribution in [1.82, 2.24) is 10.2 Å². The molecule has 1 saturated heterocycles. The predicted octanol–water partition coefficient (Wildman–Crippen LogP) is 0.788. The summed E-state index contributed by atoms with van der Waals surface area (Å²) >= 11 is 1.74. The smallest absolute Gasteiger partial charge is 0.304 e. The van der Waals surface area contributed by atoms with Gasteiger partial charge in [0.05, 0.1) is 25.8 Å². The molecule has 0 spiro atoms. The van der Waals surface area contributed by atoms with E-state index in [9.17, 15) is 9.59 Å². The number of nitrogens with one attached hydrogen (secondary N) is 1. The van der Waals surface area contributed by atoms with Crippen molar-refractivity contribution in [3.05, 3.63) is 24.2 Å². The normalized spacial score (nSPS) is 19.7. The summed E-state index contributed by atoms with van der Waals surface area (Å²) in [6.07, 6.45) is 1.64. The number of hydrogen-bond donors (Lipinski definition) is 2. The van der Waals surface area contributed by atoms with Gasteiger partial charge in [-0.1, -0.05) is 0 Å². The monoisotopic (exact) mass is 298 g/mol. The SMILES string of the molecule is O=C(O)CC1CSCCN1CC(=O)NCc1ccco1. The molecular formula is C13H18N2O4S. The summed E-state index contributed by atoms with van der Waals surface area (Å²) in [4.78, 5) is 24.7. The molecule has 2 rings (SSSR count). The summed E-state index contributed by atoms with van der Waals surface area (Å²) in [6, 6.07) is 3.50. The molecule has 1 atom stereocenters. The fourth-order valence-electron chi connectivity index (χ4n) is 2.13. The van der Waals surface area contributed by atoms with Crippen molar-refractivity contribution in [1.29, 1.82) is 0 Å². The maximum atomic E-state index is 11.9. The van der Waals surface area contributed by atoms with Crippen molar-refractivity contribution in [2.75, 3.05) is 24.6 Å². The molecule has 7 heteroatoms. The molecule has 1 unspecified atom stereocenters. The quantitative estimate of drug-likeness (QED) is 0.808. The van der Waals surface area contributed by atoms with Crippen LogP contribution < -0.4 is 5.32 Å². The van der Waals surface area contributed by atoms with Crippen LogP contribution in [0.2, 0.25) is 0 Å². The second-order valence-electron chi connectivity index (χ2n) is 4.65. The summed E-state index contributed by atoms with van der Waals surface area (Å²) < 4.78 is 5.14. The molecule has 1 aromatic heterocycles. The maximum Gasteiger partial charge on any atom is 0.304 e. The zero-order valence-corrected chi connectivity index (χ0v) is 11.9. The van der Waals surface area contributed by atoms with Gasteiger partial charge in [0.25, 0.3) is 0 Å². The Morgan fingerprint density at radius 1 is 1.55 bits per heavy atom. The van der Waals surface area contributed by atoms with E-state index in [0.717, 1.165) is 18.1 Å². The van der Waals surface area contributed by atoms with Gasteiger partial charge in [0.1, 0.15) is 5.76 Å². The van der Waals surface area contributed by atoms with Crippen LogP contribution in [0.15, 0.2) is 22.8 Å². The Hall–Kier alpha value is -1.47. The van der Waals surface area contributed by atoms with Crippen molar-refractivity contribution in [3.8, 4) is 0 Å². The molecule has 0 radical (unpaired) electrons. The number of carbonyl (C=O) groups is 2. The highest BCUT2D eigenvalue weighted by molar-refractivity contribution is 7.99. The van der Waals surface area contributed by atoms with E-state index in [-0.39, 0.29) is 24.9 Å². The molecule has 1 fully saturated rings. The molecule has 0 aromatic carbocycles. The Morgan fingerprint density at radius 3 is 3.10 bits per heavy atom. The number of carboxylic acid groups (broad SMARTS) is 1. The number of hydrogen-bond acceptors (Lipinski definition) is 5. The molecule has 1 aromatic rings. The number of carboxylic acids is 1. The van der Waals surface area contributed by atoms with E-state index in [1.54, 1.807) is 30.2 Å². The van der Waals surface area contributed by atoms with Gasteiger partial charge in [0.15, 0.2) is 0 Å². The lowest BCUT2D eigenvalue weighted by Crippen LogP contribution is -2.48. The van der Waals surface area contributed by atoms with E-state index in [1.807, 2.05) is 4.90 Å². The zero-order chi connectivity index (χ0) is 14.4.